The Hall–Kier alpha value is -0.120. The highest BCUT2D eigenvalue weighted by Crippen LogP contribution is 2.32. The molecule has 0 aliphatic carbocycles. The van der Waals surface area contributed by atoms with Crippen LogP contribution >= 0.6 is 24.0 Å². The fraction of sp³-hybridized carbons (Fsp3) is 0.944. The normalized spacial score (nSPS) is 35.1. The molecule has 3 atom stereocenters. The first-order valence-electron chi connectivity index (χ1n) is 9.64. The maximum Gasteiger partial charge on any atom is 0.191 e. The molecule has 0 spiro atoms. The van der Waals surface area contributed by atoms with Crippen molar-refractivity contribution in [3.05, 3.63) is 0 Å². The minimum atomic E-state index is 0. The summed E-state index contributed by atoms with van der Waals surface area (Å²) in [5, 5.41) is 7.27. The van der Waals surface area contributed by atoms with E-state index in [2.05, 4.69) is 51.5 Å². The number of aliphatic imine (C=N–C) groups is 1. The molecule has 7 heteroatoms. The van der Waals surface area contributed by atoms with Gasteiger partial charge >= 0.3 is 0 Å². The Bertz CT molecular complexity index is 431. The molecule has 6 nitrogen and oxygen atoms in total. The zero-order chi connectivity index (χ0) is 17.1. The van der Waals surface area contributed by atoms with Gasteiger partial charge in [-0.1, -0.05) is 6.42 Å². The van der Waals surface area contributed by atoms with Gasteiger partial charge in [0.1, 0.15) is 0 Å². The number of piperazine rings is 1. The number of nitrogens with one attached hydrogen (secondary N) is 2. The van der Waals surface area contributed by atoms with E-state index in [1.54, 1.807) is 0 Å². The lowest BCUT2D eigenvalue weighted by Gasteiger charge is -2.47. The first-order valence-corrected chi connectivity index (χ1v) is 9.64. The quantitative estimate of drug-likeness (QED) is 0.371. The molecule has 25 heavy (non-hydrogen) atoms. The van der Waals surface area contributed by atoms with Crippen LogP contribution < -0.4 is 10.6 Å². The largest absolute Gasteiger partial charge is 0.355 e. The van der Waals surface area contributed by atoms with E-state index in [0.717, 1.165) is 37.7 Å². The molecule has 0 aromatic rings. The molecule has 2 N–H and O–H groups in total. The number of fused-ring (bicyclic) bond motifs is 2. The molecule has 3 unspecified atom stereocenters. The molecule has 2 bridgehead atoms. The lowest BCUT2D eigenvalue weighted by Crippen LogP contribution is -2.58. The minimum Gasteiger partial charge on any atom is -0.355 e. The van der Waals surface area contributed by atoms with Crippen molar-refractivity contribution in [2.75, 3.05) is 54.4 Å². The summed E-state index contributed by atoms with van der Waals surface area (Å²) in [5.74, 6) is 0.976. The van der Waals surface area contributed by atoms with Crippen LogP contribution in [-0.2, 0) is 0 Å². The predicted molar refractivity (Wildman–Crippen MR) is 116 cm³/mol. The molecule has 3 rings (SSSR count). The monoisotopic (exact) mass is 464 g/mol. The average Bonchev–Trinajstić information content (AvgIpc) is 2.55. The molecule has 3 fully saturated rings. The van der Waals surface area contributed by atoms with Gasteiger partial charge in [-0.05, 0) is 46.8 Å². The van der Waals surface area contributed by atoms with Crippen molar-refractivity contribution in [3.8, 4) is 0 Å². The maximum absolute atomic E-state index is 4.47. The summed E-state index contributed by atoms with van der Waals surface area (Å²) in [5.41, 5.74) is 0. The van der Waals surface area contributed by atoms with Crippen molar-refractivity contribution in [2.45, 2.75) is 56.3 Å². The van der Waals surface area contributed by atoms with Gasteiger partial charge in [-0.25, -0.2) is 0 Å². The van der Waals surface area contributed by atoms with Crippen molar-refractivity contribution in [1.29, 1.82) is 0 Å². The van der Waals surface area contributed by atoms with Crippen LogP contribution in [0.25, 0.3) is 0 Å². The molecule has 0 amide bonds. The smallest absolute Gasteiger partial charge is 0.191 e. The van der Waals surface area contributed by atoms with Gasteiger partial charge in [0.2, 0.25) is 0 Å². The van der Waals surface area contributed by atoms with Crippen LogP contribution in [0, 0.1) is 0 Å². The van der Waals surface area contributed by atoms with Crippen molar-refractivity contribution < 1.29 is 0 Å². The summed E-state index contributed by atoms with van der Waals surface area (Å²) in [6.07, 6.45) is 6.62. The summed E-state index contributed by atoms with van der Waals surface area (Å²) in [6.45, 7) is 4.39. The van der Waals surface area contributed by atoms with Gasteiger partial charge in [0.15, 0.2) is 5.96 Å². The van der Waals surface area contributed by atoms with Crippen LogP contribution in [0.4, 0.5) is 0 Å². The highest BCUT2D eigenvalue weighted by Gasteiger charge is 2.36. The first-order chi connectivity index (χ1) is 11.6. The van der Waals surface area contributed by atoms with Crippen LogP contribution in [0.5, 0.6) is 0 Å². The van der Waals surface area contributed by atoms with Gasteiger partial charge < -0.3 is 20.4 Å². The van der Waals surface area contributed by atoms with Gasteiger partial charge in [-0.15, -0.1) is 24.0 Å². The summed E-state index contributed by atoms with van der Waals surface area (Å²) in [4.78, 5) is 12.0. The summed E-state index contributed by atoms with van der Waals surface area (Å²) < 4.78 is 0. The Labute approximate surface area is 170 Å². The number of hydrogen-bond acceptors (Lipinski definition) is 4. The second kappa shape index (κ2) is 9.71. The number of halogens is 1. The van der Waals surface area contributed by atoms with Crippen LogP contribution in [0.1, 0.15) is 32.1 Å². The average molecular weight is 464 g/mol. The Morgan fingerprint density at radius 3 is 2.40 bits per heavy atom. The zero-order valence-corrected chi connectivity index (χ0v) is 18.7. The molecular formula is C18H37IN6. The molecular weight excluding hydrogens is 427 g/mol. The summed E-state index contributed by atoms with van der Waals surface area (Å²) in [7, 11) is 8.65. The van der Waals surface area contributed by atoms with E-state index >= 15 is 0 Å². The third-order valence-electron chi connectivity index (χ3n) is 6.39. The lowest BCUT2D eigenvalue weighted by molar-refractivity contribution is 0.0525. The molecule has 146 valence electrons. The number of nitrogens with zero attached hydrogens (tertiary/aromatic N) is 4. The van der Waals surface area contributed by atoms with Gasteiger partial charge in [0.25, 0.3) is 0 Å². The van der Waals surface area contributed by atoms with Gasteiger partial charge in [0.05, 0.1) is 0 Å². The molecule has 3 saturated heterocycles. The second-order valence-electron chi connectivity index (χ2n) is 8.07. The molecule has 0 aromatic heterocycles. The Balaban J connectivity index is 0.00000225. The highest BCUT2D eigenvalue weighted by atomic mass is 127. The van der Waals surface area contributed by atoms with Crippen LogP contribution in [0.3, 0.4) is 0 Å². The van der Waals surface area contributed by atoms with Crippen LogP contribution in [-0.4, -0.2) is 99.2 Å². The van der Waals surface area contributed by atoms with Crippen molar-refractivity contribution in [2.24, 2.45) is 4.99 Å². The second-order valence-corrected chi connectivity index (χ2v) is 8.07. The molecule has 0 saturated carbocycles. The van der Waals surface area contributed by atoms with Gasteiger partial charge in [-0.3, -0.25) is 9.89 Å². The number of guanidine groups is 1. The molecule has 0 radical (unpaired) electrons. The lowest BCUT2D eigenvalue weighted by atomic mass is 9.82. The Morgan fingerprint density at radius 2 is 1.76 bits per heavy atom. The molecule has 3 heterocycles. The maximum atomic E-state index is 4.47. The third-order valence-corrected chi connectivity index (χ3v) is 6.39. The standard InChI is InChI=1S/C18H36N6.HI/c1-19-18(20-12-17-13-22(2)8-9-23(17)3)21-14-10-15-6-5-7-16(11-14)24(15)4;/h14-17H,5-13H2,1-4H3,(H2,19,20,21);1H. The van der Waals surface area contributed by atoms with Crippen LogP contribution in [0.15, 0.2) is 4.99 Å². The number of rotatable bonds is 3. The first kappa shape index (κ1) is 21.2. The van der Waals surface area contributed by atoms with Crippen molar-refractivity contribution in [1.82, 2.24) is 25.3 Å². The van der Waals surface area contributed by atoms with Crippen molar-refractivity contribution >= 4 is 29.9 Å². The summed E-state index contributed by atoms with van der Waals surface area (Å²) in [6, 6.07) is 2.63. The van der Waals surface area contributed by atoms with Crippen LogP contribution in [0.2, 0.25) is 0 Å². The van der Waals surface area contributed by atoms with Gasteiger partial charge in [-0.2, -0.15) is 0 Å². The topological polar surface area (TPSA) is 46.1 Å². The minimum absolute atomic E-state index is 0. The van der Waals surface area contributed by atoms with E-state index in [1.165, 1.54) is 38.6 Å². The third kappa shape index (κ3) is 5.43. The SMILES string of the molecule is CN=C(NCC1CN(C)CCN1C)NC1CC2CCCC(C1)N2C.I. The zero-order valence-electron chi connectivity index (χ0n) is 16.4. The number of likely N-dealkylation sites (N-methyl/N-ethyl adjacent to an activating group) is 2. The highest BCUT2D eigenvalue weighted by molar-refractivity contribution is 14.0. The Kier molecular flexibility index (Phi) is 8.23. The Morgan fingerprint density at radius 1 is 1.08 bits per heavy atom. The van der Waals surface area contributed by atoms with Gasteiger partial charge in [0, 0.05) is 57.4 Å². The van der Waals surface area contributed by atoms with E-state index in [9.17, 15) is 0 Å². The summed E-state index contributed by atoms with van der Waals surface area (Å²) >= 11 is 0. The van der Waals surface area contributed by atoms with Crippen molar-refractivity contribution in [3.63, 3.8) is 0 Å². The van der Waals surface area contributed by atoms with E-state index in [1.807, 2.05) is 7.05 Å². The van der Waals surface area contributed by atoms with E-state index in [0.29, 0.717) is 12.1 Å². The van der Waals surface area contributed by atoms with E-state index in [4.69, 9.17) is 0 Å². The number of piperidine rings is 2. The molecule has 0 aromatic carbocycles. The predicted octanol–water partition coefficient (Wildman–Crippen LogP) is 1.03. The molecule has 3 aliphatic rings. The number of hydrogen-bond donors (Lipinski definition) is 2. The molecule has 3 aliphatic heterocycles. The fourth-order valence-corrected chi connectivity index (χ4v) is 4.66. The van der Waals surface area contributed by atoms with E-state index < -0.39 is 0 Å². The fourth-order valence-electron chi connectivity index (χ4n) is 4.66. The van der Waals surface area contributed by atoms with E-state index in [-0.39, 0.29) is 24.0 Å².